The van der Waals surface area contributed by atoms with E-state index in [1.54, 1.807) is 0 Å². The average Bonchev–Trinajstić information content (AvgIpc) is 3.10. The first-order valence-electron chi connectivity index (χ1n) is 7.50. The molecule has 5 heteroatoms. The van der Waals surface area contributed by atoms with Gasteiger partial charge in [-0.2, -0.15) is 0 Å². The maximum Gasteiger partial charge on any atom is 0.231 e. The molecule has 2 bridgehead atoms. The van der Waals surface area contributed by atoms with Crippen LogP contribution in [0.5, 0.6) is 0 Å². The summed E-state index contributed by atoms with van der Waals surface area (Å²) < 4.78 is 1.04. The number of nitrogens with two attached hydrogens (primary N) is 1. The first kappa shape index (κ1) is 15.3. The molecule has 1 aromatic carbocycles. The van der Waals surface area contributed by atoms with Crippen molar-refractivity contribution in [3.8, 4) is 0 Å². The van der Waals surface area contributed by atoms with E-state index >= 15 is 0 Å². The Bertz CT molecular complexity index is 577. The van der Waals surface area contributed by atoms with Gasteiger partial charge in [-0.05, 0) is 55.2 Å². The van der Waals surface area contributed by atoms with Crippen molar-refractivity contribution in [2.75, 3.05) is 11.4 Å². The average molecular weight is 372 g/mol. The summed E-state index contributed by atoms with van der Waals surface area (Å²) in [5, 5.41) is 0. The van der Waals surface area contributed by atoms with Crippen LogP contribution in [0.1, 0.15) is 24.8 Å². The van der Waals surface area contributed by atoms with Crippen LogP contribution in [-0.4, -0.2) is 18.5 Å². The summed E-state index contributed by atoms with van der Waals surface area (Å²) >= 11 is 3.51. The van der Waals surface area contributed by atoms with Crippen molar-refractivity contribution in [1.29, 1.82) is 0 Å². The maximum absolute atomic E-state index is 13.0. The number of nitrogens with zero attached hydrogens (tertiary/aromatic N) is 1. The van der Waals surface area contributed by atoms with Crippen molar-refractivity contribution in [2.24, 2.45) is 23.5 Å². The van der Waals surface area contributed by atoms with E-state index in [9.17, 15) is 4.79 Å². The zero-order chi connectivity index (χ0) is 13.9. The molecule has 4 unspecified atom stereocenters. The lowest BCUT2D eigenvalue weighted by Crippen LogP contribution is -2.46. The highest BCUT2D eigenvalue weighted by Gasteiger charge is 2.50. The lowest BCUT2D eigenvalue weighted by atomic mass is 9.84. The van der Waals surface area contributed by atoms with Gasteiger partial charge in [-0.25, -0.2) is 0 Å². The number of rotatable bonds is 1. The third kappa shape index (κ3) is 2.32. The molecule has 1 amide bonds. The van der Waals surface area contributed by atoms with Crippen molar-refractivity contribution >= 4 is 39.9 Å². The predicted molar refractivity (Wildman–Crippen MR) is 89.7 cm³/mol. The molecule has 0 radical (unpaired) electrons. The van der Waals surface area contributed by atoms with Crippen LogP contribution in [0.4, 0.5) is 5.69 Å². The van der Waals surface area contributed by atoms with Crippen LogP contribution in [0, 0.1) is 17.8 Å². The molecule has 3 nitrogen and oxygen atoms in total. The highest BCUT2D eigenvalue weighted by atomic mass is 79.9. The largest absolute Gasteiger partial charge is 0.327 e. The van der Waals surface area contributed by atoms with Gasteiger partial charge in [0.2, 0.25) is 5.91 Å². The minimum Gasteiger partial charge on any atom is -0.327 e. The summed E-state index contributed by atoms with van der Waals surface area (Å²) in [6, 6.07) is 6.32. The van der Waals surface area contributed by atoms with E-state index in [0.717, 1.165) is 29.5 Å². The quantitative estimate of drug-likeness (QED) is 0.824. The predicted octanol–water partition coefficient (Wildman–Crippen LogP) is 3.13. The van der Waals surface area contributed by atoms with E-state index in [2.05, 4.69) is 34.1 Å². The molecule has 1 heterocycles. The Balaban J connectivity index is 0.00000132. The highest BCUT2D eigenvalue weighted by molar-refractivity contribution is 9.10. The molecule has 4 rings (SSSR count). The van der Waals surface area contributed by atoms with Crippen molar-refractivity contribution in [2.45, 2.75) is 31.7 Å². The lowest BCUT2D eigenvalue weighted by molar-refractivity contribution is -0.124. The standard InChI is InChI=1S/C16H19BrN2O.ClH/c17-12-4-3-9-5-6-19(13(9)8-12)16(20)14-10-1-2-11(7-10)15(14)18;/h3-4,8,10-11,14-15H,1-2,5-7,18H2;1H. The van der Waals surface area contributed by atoms with E-state index < -0.39 is 0 Å². The number of benzene rings is 1. The van der Waals surface area contributed by atoms with Gasteiger partial charge in [0.05, 0.1) is 5.92 Å². The molecule has 3 aliphatic rings. The molecular weight excluding hydrogens is 352 g/mol. The smallest absolute Gasteiger partial charge is 0.231 e. The van der Waals surface area contributed by atoms with Crippen LogP contribution in [0.25, 0.3) is 0 Å². The van der Waals surface area contributed by atoms with Gasteiger partial charge in [-0.1, -0.05) is 22.0 Å². The Labute approximate surface area is 139 Å². The zero-order valence-electron chi connectivity index (χ0n) is 11.8. The summed E-state index contributed by atoms with van der Waals surface area (Å²) in [4.78, 5) is 14.9. The number of carbonyl (C=O) groups is 1. The van der Waals surface area contributed by atoms with Gasteiger partial charge in [-0.15, -0.1) is 12.4 Å². The van der Waals surface area contributed by atoms with Gasteiger partial charge in [-0.3, -0.25) is 4.79 Å². The normalized spacial score (nSPS) is 33.0. The minimum absolute atomic E-state index is 0. The van der Waals surface area contributed by atoms with Gasteiger partial charge in [0.15, 0.2) is 0 Å². The molecule has 1 aliphatic heterocycles. The Hall–Kier alpha value is -0.580. The molecule has 114 valence electrons. The molecule has 2 aliphatic carbocycles. The Kier molecular flexibility index (Phi) is 4.06. The van der Waals surface area contributed by atoms with Crippen molar-refractivity contribution in [1.82, 2.24) is 0 Å². The van der Waals surface area contributed by atoms with Gasteiger partial charge in [0, 0.05) is 22.7 Å². The second kappa shape index (κ2) is 5.56. The van der Waals surface area contributed by atoms with E-state index in [0.29, 0.717) is 11.8 Å². The zero-order valence-corrected chi connectivity index (χ0v) is 14.2. The lowest BCUT2D eigenvalue weighted by Gasteiger charge is -2.31. The molecule has 21 heavy (non-hydrogen) atoms. The molecular formula is C16H20BrClN2O. The van der Waals surface area contributed by atoms with Crippen molar-refractivity contribution < 1.29 is 4.79 Å². The monoisotopic (exact) mass is 370 g/mol. The number of anilines is 1. The third-order valence-electron chi connectivity index (χ3n) is 5.47. The molecule has 0 aromatic heterocycles. The van der Waals surface area contributed by atoms with Crippen LogP contribution in [0.3, 0.4) is 0 Å². The maximum atomic E-state index is 13.0. The van der Waals surface area contributed by atoms with Gasteiger partial charge in [0.25, 0.3) is 0 Å². The first-order valence-corrected chi connectivity index (χ1v) is 8.30. The van der Waals surface area contributed by atoms with Crippen LogP contribution < -0.4 is 10.6 Å². The highest BCUT2D eigenvalue weighted by Crippen LogP contribution is 2.49. The van der Waals surface area contributed by atoms with Crippen LogP contribution in [0.2, 0.25) is 0 Å². The Morgan fingerprint density at radius 2 is 2.05 bits per heavy atom. The third-order valence-corrected chi connectivity index (χ3v) is 5.97. The number of fused-ring (bicyclic) bond motifs is 3. The second-order valence-electron chi connectivity index (χ2n) is 6.45. The second-order valence-corrected chi connectivity index (χ2v) is 7.36. The van der Waals surface area contributed by atoms with Gasteiger partial charge >= 0.3 is 0 Å². The van der Waals surface area contributed by atoms with E-state index in [1.165, 1.54) is 18.4 Å². The summed E-state index contributed by atoms with van der Waals surface area (Å²) in [7, 11) is 0. The van der Waals surface area contributed by atoms with E-state index in [4.69, 9.17) is 5.73 Å². The Morgan fingerprint density at radius 1 is 1.29 bits per heavy atom. The van der Waals surface area contributed by atoms with Crippen molar-refractivity contribution in [3.63, 3.8) is 0 Å². The number of amides is 1. The fourth-order valence-electron chi connectivity index (χ4n) is 4.46. The summed E-state index contributed by atoms with van der Waals surface area (Å²) in [6.45, 7) is 0.811. The molecule has 4 atom stereocenters. The van der Waals surface area contributed by atoms with Crippen LogP contribution >= 0.6 is 28.3 Å². The number of carbonyl (C=O) groups excluding carboxylic acids is 1. The number of halogens is 2. The summed E-state index contributed by atoms with van der Waals surface area (Å²) in [5.74, 6) is 1.43. The first-order chi connectivity index (χ1) is 9.65. The van der Waals surface area contributed by atoms with Crippen LogP contribution in [-0.2, 0) is 11.2 Å². The van der Waals surface area contributed by atoms with Crippen molar-refractivity contribution in [3.05, 3.63) is 28.2 Å². The van der Waals surface area contributed by atoms with Gasteiger partial charge in [0.1, 0.15) is 0 Å². The summed E-state index contributed by atoms with van der Waals surface area (Å²) in [6.07, 6.45) is 4.53. The Morgan fingerprint density at radius 3 is 2.76 bits per heavy atom. The molecule has 0 saturated heterocycles. The molecule has 2 N–H and O–H groups in total. The molecule has 1 aromatic rings. The van der Waals surface area contributed by atoms with Gasteiger partial charge < -0.3 is 10.6 Å². The summed E-state index contributed by atoms with van der Waals surface area (Å²) in [5.41, 5.74) is 8.68. The van der Waals surface area contributed by atoms with E-state index in [-0.39, 0.29) is 30.3 Å². The molecule has 2 fully saturated rings. The topological polar surface area (TPSA) is 46.3 Å². The van der Waals surface area contributed by atoms with Crippen LogP contribution in [0.15, 0.2) is 22.7 Å². The van der Waals surface area contributed by atoms with E-state index in [1.807, 2.05) is 4.90 Å². The molecule has 2 saturated carbocycles. The molecule has 0 spiro atoms. The SMILES string of the molecule is Cl.NC1C2CCC(C2)C1C(=O)N1CCc2ccc(Br)cc21. The number of hydrogen-bond donors (Lipinski definition) is 1. The minimum atomic E-state index is 0. The number of hydrogen-bond acceptors (Lipinski definition) is 2. The fourth-order valence-corrected chi connectivity index (χ4v) is 4.81. The fraction of sp³-hybridized carbons (Fsp3) is 0.562.